The molecule has 1 fully saturated rings. The third-order valence-electron chi connectivity index (χ3n) is 2.31. The van der Waals surface area contributed by atoms with Crippen molar-refractivity contribution in [2.75, 3.05) is 6.26 Å². The molecule has 0 bridgehead atoms. The molecular weight excluding hydrogens is 188 g/mol. The fraction of sp³-hybridized carbons (Fsp3) is 0.778. The van der Waals surface area contributed by atoms with Crippen molar-refractivity contribution in [2.24, 2.45) is 5.92 Å². The highest BCUT2D eigenvalue weighted by atomic mass is 32.2. The number of hydrogen-bond donors (Lipinski definition) is 0. The van der Waals surface area contributed by atoms with E-state index in [1.807, 2.05) is 6.08 Å². The normalized spacial score (nSPS) is 29.9. The molecule has 3 nitrogen and oxygen atoms in total. The molecule has 1 rings (SSSR count). The minimum absolute atomic E-state index is 0.133. The van der Waals surface area contributed by atoms with Gasteiger partial charge in [-0.1, -0.05) is 12.5 Å². The molecule has 0 amide bonds. The molecule has 2 atom stereocenters. The number of allylic oxidation sites excluding steroid dienone is 1. The van der Waals surface area contributed by atoms with E-state index >= 15 is 0 Å². The Bertz CT molecular complexity index is 269. The van der Waals surface area contributed by atoms with Crippen LogP contribution in [0.1, 0.15) is 25.7 Å². The minimum atomic E-state index is -3.29. The maximum absolute atomic E-state index is 10.8. The molecule has 0 saturated heterocycles. The molecule has 1 aliphatic rings. The Morgan fingerprint density at radius 1 is 1.46 bits per heavy atom. The van der Waals surface area contributed by atoms with Crippen molar-refractivity contribution in [3.8, 4) is 0 Å². The van der Waals surface area contributed by atoms with Crippen molar-refractivity contribution in [3.63, 3.8) is 0 Å². The summed E-state index contributed by atoms with van der Waals surface area (Å²) in [6, 6.07) is 0. The van der Waals surface area contributed by atoms with E-state index in [0.717, 1.165) is 31.9 Å². The summed E-state index contributed by atoms with van der Waals surface area (Å²) < 4.78 is 26.6. The first-order chi connectivity index (χ1) is 6.01. The lowest BCUT2D eigenvalue weighted by Gasteiger charge is -2.25. The van der Waals surface area contributed by atoms with Gasteiger partial charge in [0.05, 0.1) is 12.4 Å². The Morgan fingerprint density at radius 3 is 2.69 bits per heavy atom. The Balaban J connectivity index is 2.47. The third kappa shape index (κ3) is 3.91. The molecule has 4 heteroatoms. The molecule has 0 N–H and O–H groups in total. The monoisotopic (exact) mass is 204 g/mol. The van der Waals surface area contributed by atoms with Crippen LogP contribution in [0.3, 0.4) is 0 Å². The molecule has 0 aromatic heterocycles. The summed E-state index contributed by atoms with van der Waals surface area (Å²) in [6.07, 6.45) is 6.62. The standard InChI is InChI=1S/C9H16O3S/c1-3-8-5-4-6-9(7-8)12-13(2,10)11/h3,8-9H,1,4-7H2,2H3/t8?,9-/m1/s1. The summed E-state index contributed by atoms with van der Waals surface area (Å²) in [5, 5.41) is 0. The molecular formula is C9H16O3S. The Labute approximate surface area is 79.9 Å². The van der Waals surface area contributed by atoms with Crippen LogP contribution < -0.4 is 0 Å². The van der Waals surface area contributed by atoms with Crippen LogP contribution in [0.25, 0.3) is 0 Å². The lowest BCUT2D eigenvalue weighted by atomic mass is 9.87. The quantitative estimate of drug-likeness (QED) is 0.519. The summed E-state index contributed by atoms with van der Waals surface area (Å²) in [4.78, 5) is 0. The summed E-state index contributed by atoms with van der Waals surface area (Å²) >= 11 is 0. The van der Waals surface area contributed by atoms with Crippen molar-refractivity contribution in [2.45, 2.75) is 31.8 Å². The molecule has 0 heterocycles. The van der Waals surface area contributed by atoms with Gasteiger partial charge in [0.1, 0.15) is 0 Å². The summed E-state index contributed by atoms with van der Waals surface area (Å²) in [6.45, 7) is 3.71. The second kappa shape index (κ2) is 4.24. The van der Waals surface area contributed by atoms with E-state index < -0.39 is 10.1 Å². The predicted octanol–water partition coefficient (Wildman–Crippen LogP) is 1.71. The van der Waals surface area contributed by atoms with Gasteiger partial charge in [-0.15, -0.1) is 6.58 Å². The lowest BCUT2D eigenvalue weighted by Crippen LogP contribution is -2.24. The Kier molecular flexibility index (Phi) is 3.50. The highest BCUT2D eigenvalue weighted by molar-refractivity contribution is 7.86. The zero-order valence-corrected chi connectivity index (χ0v) is 8.72. The summed E-state index contributed by atoms with van der Waals surface area (Å²) in [7, 11) is -3.29. The third-order valence-corrected chi connectivity index (χ3v) is 2.93. The lowest BCUT2D eigenvalue weighted by molar-refractivity contribution is 0.145. The van der Waals surface area contributed by atoms with E-state index in [4.69, 9.17) is 4.18 Å². The molecule has 0 radical (unpaired) electrons. The molecule has 0 aromatic carbocycles. The largest absolute Gasteiger partial charge is 0.267 e. The first-order valence-corrected chi connectivity index (χ1v) is 6.34. The maximum atomic E-state index is 10.8. The Morgan fingerprint density at radius 2 is 2.15 bits per heavy atom. The van der Waals surface area contributed by atoms with Gasteiger partial charge in [-0.25, -0.2) is 0 Å². The highest BCUT2D eigenvalue weighted by Gasteiger charge is 2.23. The van der Waals surface area contributed by atoms with Crippen LogP contribution in [-0.4, -0.2) is 20.8 Å². The molecule has 1 unspecified atom stereocenters. The van der Waals surface area contributed by atoms with E-state index in [1.165, 1.54) is 0 Å². The predicted molar refractivity (Wildman–Crippen MR) is 51.9 cm³/mol. The highest BCUT2D eigenvalue weighted by Crippen LogP contribution is 2.27. The van der Waals surface area contributed by atoms with E-state index in [0.29, 0.717) is 5.92 Å². The first kappa shape index (κ1) is 10.7. The van der Waals surface area contributed by atoms with E-state index in [-0.39, 0.29) is 6.10 Å². The molecule has 0 spiro atoms. The smallest absolute Gasteiger partial charge is 0.264 e. The van der Waals surface area contributed by atoms with Gasteiger partial charge in [0.2, 0.25) is 0 Å². The van der Waals surface area contributed by atoms with E-state index in [2.05, 4.69) is 6.58 Å². The number of rotatable bonds is 3. The zero-order chi connectivity index (χ0) is 9.90. The molecule has 1 saturated carbocycles. The SMILES string of the molecule is C=CC1CCC[C@@H](OS(C)(=O)=O)C1. The van der Waals surface area contributed by atoms with Gasteiger partial charge < -0.3 is 0 Å². The van der Waals surface area contributed by atoms with Gasteiger partial charge >= 0.3 is 0 Å². The fourth-order valence-corrected chi connectivity index (χ4v) is 2.40. The van der Waals surface area contributed by atoms with Crippen molar-refractivity contribution in [3.05, 3.63) is 12.7 Å². The zero-order valence-electron chi connectivity index (χ0n) is 7.90. The van der Waals surface area contributed by atoms with Crippen LogP contribution in [0.4, 0.5) is 0 Å². The van der Waals surface area contributed by atoms with Gasteiger partial charge in [0.25, 0.3) is 10.1 Å². The minimum Gasteiger partial charge on any atom is -0.267 e. The van der Waals surface area contributed by atoms with Crippen molar-refractivity contribution in [1.29, 1.82) is 0 Å². The van der Waals surface area contributed by atoms with Crippen LogP contribution in [-0.2, 0) is 14.3 Å². The van der Waals surface area contributed by atoms with Gasteiger partial charge in [-0.05, 0) is 25.2 Å². The van der Waals surface area contributed by atoms with E-state index in [1.54, 1.807) is 0 Å². The second-order valence-corrected chi connectivity index (χ2v) is 5.19. The number of hydrogen-bond acceptors (Lipinski definition) is 3. The topological polar surface area (TPSA) is 43.4 Å². The fourth-order valence-electron chi connectivity index (χ4n) is 1.73. The van der Waals surface area contributed by atoms with Crippen LogP contribution in [0.5, 0.6) is 0 Å². The molecule has 0 aromatic rings. The first-order valence-electron chi connectivity index (χ1n) is 4.52. The average molecular weight is 204 g/mol. The average Bonchev–Trinajstić information content (AvgIpc) is 2.01. The second-order valence-electron chi connectivity index (χ2n) is 3.58. The summed E-state index contributed by atoms with van der Waals surface area (Å²) in [5.41, 5.74) is 0. The van der Waals surface area contributed by atoms with Crippen LogP contribution in [0.15, 0.2) is 12.7 Å². The van der Waals surface area contributed by atoms with Crippen molar-refractivity contribution >= 4 is 10.1 Å². The molecule has 76 valence electrons. The van der Waals surface area contributed by atoms with Gasteiger partial charge in [-0.2, -0.15) is 8.42 Å². The van der Waals surface area contributed by atoms with Gasteiger partial charge in [-0.3, -0.25) is 4.18 Å². The van der Waals surface area contributed by atoms with Crippen LogP contribution in [0.2, 0.25) is 0 Å². The van der Waals surface area contributed by atoms with Crippen molar-refractivity contribution in [1.82, 2.24) is 0 Å². The van der Waals surface area contributed by atoms with Gasteiger partial charge in [0, 0.05) is 0 Å². The Hall–Kier alpha value is -0.350. The van der Waals surface area contributed by atoms with Crippen LogP contribution in [0, 0.1) is 5.92 Å². The van der Waals surface area contributed by atoms with Gasteiger partial charge in [0.15, 0.2) is 0 Å². The molecule has 1 aliphatic carbocycles. The van der Waals surface area contributed by atoms with Crippen molar-refractivity contribution < 1.29 is 12.6 Å². The summed E-state index contributed by atoms with van der Waals surface area (Å²) in [5.74, 6) is 0.417. The molecule has 0 aliphatic heterocycles. The van der Waals surface area contributed by atoms with Crippen LogP contribution >= 0.6 is 0 Å². The van der Waals surface area contributed by atoms with E-state index in [9.17, 15) is 8.42 Å². The maximum Gasteiger partial charge on any atom is 0.264 e. The molecule has 13 heavy (non-hydrogen) atoms.